The molecule has 0 aliphatic rings. The lowest BCUT2D eigenvalue weighted by Gasteiger charge is -2.09. The van der Waals surface area contributed by atoms with Crippen molar-refractivity contribution < 1.29 is 0 Å². The van der Waals surface area contributed by atoms with Crippen LogP contribution in [0.3, 0.4) is 0 Å². The summed E-state index contributed by atoms with van der Waals surface area (Å²) in [6, 6.07) is 3.81. The second kappa shape index (κ2) is 5.97. The average molecular weight is 278 g/mol. The van der Waals surface area contributed by atoms with Gasteiger partial charge >= 0.3 is 0 Å². The SMILES string of the molecule is CCCNc1nnc(-c2cccn(C(C)C)c2=O)s1. The Morgan fingerprint density at radius 1 is 1.42 bits per heavy atom. The van der Waals surface area contributed by atoms with E-state index < -0.39 is 0 Å². The first-order valence-electron chi connectivity index (χ1n) is 6.42. The molecule has 0 aliphatic heterocycles. The van der Waals surface area contributed by atoms with Gasteiger partial charge in [-0.25, -0.2) is 0 Å². The van der Waals surface area contributed by atoms with Gasteiger partial charge in [0, 0.05) is 18.8 Å². The van der Waals surface area contributed by atoms with Gasteiger partial charge in [-0.05, 0) is 32.4 Å². The van der Waals surface area contributed by atoms with Gasteiger partial charge < -0.3 is 9.88 Å². The first-order valence-corrected chi connectivity index (χ1v) is 7.24. The third-order valence-corrected chi connectivity index (χ3v) is 3.63. The predicted molar refractivity (Wildman–Crippen MR) is 78.8 cm³/mol. The van der Waals surface area contributed by atoms with Gasteiger partial charge in [-0.3, -0.25) is 4.79 Å². The molecule has 2 rings (SSSR count). The smallest absolute Gasteiger partial charge is 0.261 e. The maximum absolute atomic E-state index is 12.3. The molecule has 0 atom stereocenters. The highest BCUT2D eigenvalue weighted by molar-refractivity contribution is 7.18. The van der Waals surface area contributed by atoms with Gasteiger partial charge in [-0.1, -0.05) is 18.3 Å². The summed E-state index contributed by atoms with van der Waals surface area (Å²) in [6.45, 7) is 6.92. The number of nitrogens with one attached hydrogen (secondary N) is 1. The van der Waals surface area contributed by atoms with Crippen LogP contribution in [0.4, 0.5) is 5.13 Å². The summed E-state index contributed by atoms with van der Waals surface area (Å²) >= 11 is 1.41. The van der Waals surface area contributed by atoms with Crippen molar-refractivity contribution >= 4 is 16.5 Å². The van der Waals surface area contributed by atoms with E-state index in [0.717, 1.165) is 18.1 Å². The third kappa shape index (κ3) is 3.01. The Morgan fingerprint density at radius 3 is 2.89 bits per heavy atom. The highest BCUT2D eigenvalue weighted by Gasteiger charge is 2.12. The van der Waals surface area contributed by atoms with Gasteiger partial charge in [0.05, 0.1) is 5.56 Å². The molecule has 0 unspecified atom stereocenters. The Hall–Kier alpha value is -1.69. The van der Waals surface area contributed by atoms with E-state index in [1.54, 1.807) is 16.8 Å². The number of aromatic nitrogens is 3. The summed E-state index contributed by atoms with van der Waals surface area (Å²) in [5.74, 6) is 0. The van der Waals surface area contributed by atoms with Crippen LogP contribution in [0, 0.1) is 0 Å². The lowest BCUT2D eigenvalue weighted by Crippen LogP contribution is -2.22. The summed E-state index contributed by atoms with van der Waals surface area (Å²) < 4.78 is 1.70. The summed E-state index contributed by atoms with van der Waals surface area (Å²) in [7, 11) is 0. The number of hydrogen-bond acceptors (Lipinski definition) is 5. The molecule has 6 heteroatoms. The van der Waals surface area contributed by atoms with Crippen LogP contribution < -0.4 is 10.9 Å². The quantitative estimate of drug-likeness (QED) is 0.913. The van der Waals surface area contributed by atoms with Crippen LogP contribution in [-0.2, 0) is 0 Å². The van der Waals surface area contributed by atoms with E-state index in [4.69, 9.17) is 0 Å². The third-order valence-electron chi connectivity index (χ3n) is 2.71. The predicted octanol–water partition coefficient (Wildman–Crippen LogP) is 2.77. The minimum absolute atomic E-state index is 0.0179. The molecule has 5 nitrogen and oxygen atoms in total. The molecular weight excluding hydrogens is 260 g/mol. The molecule has 19 heavy (non-hydrogen) atoms. The molecule has 0 aromatic carbocycles. The monoisotopic (exact) mass is 278 g/mol. The summed E-state index contributed by atoms with van der Waals surface area (Å²) in [4.78, 5) is 12.3. The first kappa shape index (κ1) is 13.7. The fraction of sp³-hybridized carbons (Fsp3) is 0.462. The number of anilines is 1. The molecule has 0 aliphatic carbocycles. The van der Waals surface area contributed by atoms with Crippen LogP contribution in [-0.4, -0.2) is 21.3 Å². The standard InChI is InChI=1S/C13H18N4OS/c1-4-7-14-13-16-15-11(19-13)10-6-5-8-17(9(2)3)12(10)18/h5-6,8-9H,4,7H2,1-3H3,(H,14,16). The van der Waals surface area contributed by atoms with E-state index in [9.17, 15) is 4.79 Å². The van der Waals surface area contributed by atoms with E-state index in [2.05, 4.69) is 22.4 Å². The Bertz CT molecular complexity index is 603. The van der Waals surface area contributed by atoms with Gasteiger partial charge in [0.25, 0.3) is 5.56 Å². The van der Waals surface area contributed by atoms with Crippen molar-refractivity contribution in [2.24, 2.45) is 0 Å². The summed E-state index contributed by atoms with van der Waals surface area (Å²) in [6.07, 6.45) is 2.83. The molecule has 0 bridgehead atoms. The van der Waals surface area contributed by atoms with Gasteiger partial charge in [-0.2, -0.15) is 0 Å². The average Bonchev–Trinajstić information content (AvgIpc) is 2.84. The zero-order valence-corrected chi connectivity index (χ0v) is 12.2. The molecule has 0 saturated heterocycles. The lowest BCUT2D eigenvalue weighted by molar-refractivity contribution is 0.579. The van der Waals surface area contributed by atoms with Crippen molar-refractivity contribution in [3.63, 3.8) is 0 Å². The van der Waals surface area contributed by atoms with E-state index >= 15 is 0 Å². The molecule has 102 valence electrons. The van der Waals surface area contributed by atoms with Crippen LogP contribution in [0.1, 0.15) is 33.2 Å². The topological polar surface area (TPSA) is 59.8 Å². The molecule has 0 saturated carbocycles. The minimum Gasteiger partial charge on any atom is -0.360 e. The Morgan fingerprint density at radius 2 is 2.21 bits per heavy atom. The van der Waals surface area contributed by atoms with Crippen molar-refractivity contribution in [2.75, 3.05) is 11.9 Å². The molecule has 2 aromatic rings. The van der Waals surface area contributed by atoms with E-state index in [1.165, 1.54) is 11.3 Å². The second-order valence-corrected chi connectivity index (χ2v) is 5.54. The fourth-order valence-corrected chi connectivity index (χ4v) is 2.50. The van der Waals surface area contributed by atoms with Crippen LogP contribution in [0.5, 0.6) is 0 Å². The lowest BCUT2D eigenvalue weighted by atomic mass is 10.2. The van der Waals surface area contributed by atoms with Crippen molar-refractivity contribution in [1.29, 1.82) is 0 Å². The second-order valence-electron chi connectivity index (χ2n) is 4.57. The molecule has 0 spiro atoms. The zero-order chi connectivity index (χ0) is 13.8. The Labute approximate surface area is 116 Å². The van der Waals surface area contributed by atoms with Crippen molar-refractivity contribution in [1.82, 2.24) is 14.8 Å². The maximum Gasteiger partial charge on any atom is 0.261 e. The molecule has 0 fully saturated rings. The number of nitrogens with zero attached hydrogens (tertiary/aromatic N) is 3. The highest BCUT2D eigenvalue weighted by Crippen LogP contribution is 2.23. The van der Waals surface area contributed by atoms with Gasteiger partial charge in [0.15, 0.2) is 5.01 Å². The van der Waals surface area contributed by atoms with Crippen LogP contribution in [0.2, 0.25) is 0 Å². The van der Waals surface area contributed by atoms with E-state index in [-0.39, 0.29) is 11.6 Å². The number of hydrogen-bond donors (Lipinski definition) is 1. The Kier molecular flexibility index (Phi) is 4.31. The van der Waals surface area contributed by atoms with E-state index in [0.29, 0.717) is 10.6 Å². The van der Waals surface area contributed by atoms with Gasteiger partial charge in [-0.15, -0.1) is 10.2 Å². The van der Waals surface area contributed by atoms with Crippen molar-refractivity contribution in [3.05, 3.63) is 28.7 Å². The Balaban J connectivity index is 2.34. The largest absolute Gasteiger partial charge is 0.360 e. The number of rotatable bonds is 5. The van der Waals surface area contributed by atoms with Crippen molar-refractivity contribution in [2.45, 2.75) is 33.2 Å². The fourth-order valence-electron chi connectivity index (χ4n) is 1.71. The summed E-state index contributed by atoms with van der Waals surface area (Å²) in [5.41, 5.74) is 0.592. The van der Waals surface area contributed by atoms with Crippen LogP contribution in [0.25, 0.3) is 10.6 Å². The summed E-state index contributed by atoms with van der Waals surface area (Å²) in [5, 5.41) is 12.8. The molecule has 1 N–H and O–H groups in total. The van der Waals surface area contributed by atoms with Crippen LogP contribution in [0.15, 0.2) is 23.1 Å². The minimum atomic E-state index is -0.0179. The van der Waals surface area contributed by atoms with Gasteiger partial charge in [0.2, 0.25) is 5.13 Å². The zero-order valence-electron chi connectivity index (χ0n) is 11.4. The number of pyridine rings is 1. The van der Waals surface area contributed by atoms with Crippen LogP contribution >= 0.6 is 11.3 Å². The van der Waals surface area contributed by atoms with E-state index in [1.807, 2.05) is 19.9 Å². The van der Waals surface area contributed by atoms with Gasteiger partial charge in [0.1, 0.15) is 0 Å². The highest BCUT2D eigenvalue weighted by atomic mass is 32.1. The molecule has 0 radical (unpaired) electrons. The maximum atomic E-state index is 12.3. The molecular formula is C13H18N4OS. The van der Waals surface area contributed by atoms with Crippen molar-refractivity contribution in [3.8, 4) is 10.6 Å². The molecule has 2 heterocycles. The molecule has 2 aromatic heterocycles. The first-order chi connectivity index (χ1) is 9.13. The normalized spacial score (nSPS) is 10.9. The molecule has 0 amide bonds.